The maximum absolute atomic E-state index is 13.4. The highest BCUT2D eigenvalue weighted by molar-refractivity contribution is 5.96. The van der Waals surface area contributed by atoms with Crippen LogP contribution in [0.2, 0.25) is 0 Å². The lowest BCUT2D eigenvalue weighted by atomic mass is 10.2. The van der Waals surface area contributed by atoms with Gasteiger partial charge in [-0.1, -0.05) is 0 Å². The van der Waals surface area contributed by atoms with Crippen LogP contribution < -0.4 is 16.0 Å². The molecule has 1 aromatic carbocycles. The van der Waals surface area contributed by atoms with Crippen LogP contribution in [0.15, 0.2) is 16.5 Å². The van der Waals surface area contributed by atoms with Crippen LogP contribution in [0, 0.1) is 31.3 Å². The minimum atomic E-state index is -1.70. The molecule has 128 valence electrons. The Labute approximate surface area is 134 Å². The average Bonchev–Trinajstić information content (AvgIpc) is 2.84. The SMILES string of the molecule is Cc1nc(NC(=O)NCC(=O)Nc2ccc(F)c(F)c2F)oc1C. The summed E-state index contributed by atoms with van der Waals surface area (Å²) in [5.41, 5.74) is 0.0527. The number of benzene rings is 1. The first kappa shape index (κ1) is 17.3. The van der Waals surface area contributed by atoms with E-state index in [-0.39, 0.29) is 6.01 Å². The van der Waals surface area contributed by atoms with Crippen molar-refractivity contribution in [1.82, 2.24) is 10.3 Å². The summed E-state index contributed by atoms with van der Waals surface area (Å²) in [5.74, 6) is -4.92. The number of urea groups is 1. The van der Waals surface area contributed by atoms with E-state index in [4.69, 9.17) is 4.42 Å². The molecule has 24 heavy (non-hydrogen) atoms. The number of carbonyl (C=O) groups excluding carboxylic acids is 2. The van der Waals surface area contributed by atoms with Crippen molar-refractivity contribution in [2.24, 2.45) is 0 Å². The van der Waals surface area contributed by atoms with Gasteiger partial charge in [0.05, 0.1) is 17.9 Å². The number of carbonyl (C=O) groups is 2. The fraction of sp³-hybridized carbons (Fsp3) is 0.214. The normalized spacial score (nSPS) is 10.4. The maximum Gasteiger partial charge on any atom is 0.323 e. The first-order valence-corrected chi connectivity index (χ1v) is 6.70. The first-order valence-electron chi connectivity index (χ1n) is 6.70. The van der Waals surface area contributed by atoms with E-state index in [9.17, 15) is 22.8 Å². The van der Waals surface area contributed by atoms with Crippen LogP contribution in [0.25, 0.3) is 0 Å². The number of aromatic nitrogens is 1. The molecule has 0 radical (unpaired) electrons. The number of anilines is 2. The van der Waals surface area contributed by atoms with Gasteiger partial charge in [-0.3, -0.25) is 10.1 Å². The Morgan fingerprint density at radius 1 is 1.12 bits per heavy atom. The van der Waals surface area contributed by atoms with Gasteiger partial charge in [-0.2, -0.15) is 4.98 Å². The lowest BCUT2D eigenvalue weighted by Gasteiger charge is -2.08. The predicted octanol–water partition coefficient (Wildman–Crippen LogP) is 2.47. The predicted molar refractivity (Wildman–Crippen MR) is 77.9 cm³/mol. The first-order chi connectivity index (χ1) is 11.3. The second-order valence-corrected chi connectivity index (χ2v) is 4.74. The Kier molecular flexibility index (Phi) is 5.07. The number of oxazole rings is 1. The lowest BCUT2D eigenvalue weighted by molar-refractivity contribution is -0.115. The molecule has 7 nitrogen and oxygen atoms in total. The van der Waals surface area contributed by atoms with Gasteiger partial charge in [-0.15, -0.1) is 0 Å². The second kappa shape index (κ2) is 7.02. The van der Waals surface area contributed by atoms with Crippen molar-refractivity contribution >= 4 is 23.6 Å². The zero-order chi connectivity index (χ0) is 17.9. The van der Waals surface area contributed by atoms with Gasteiger partial charge >= 0.3 is 12.0 Å². The number of rotatable bonds is 4. The zero-order valence-electron chi connectivity index (χ0n) is 12.7. The highest BCUT2D eigenvalue weighted by atomic mass is 19.2. The standard InChI is InChI=1S/C14H13F3N4O3/c1-6-7(2)24-14(19-6)21-13(23)18-5-10(22)20-9-4-3-8(15)11(16)12(9)17/h3-4H,5H2,1-2H3,(H,20,22)(H2,18,19,21,23). The van der Waals surface area contributed by atoms with E-state index in [0.717, 1.165) is 6.07 Å². The highest BCUT2D eigenvalue weighted by Gasteiger charge is 2.16. The number of halogens is 3. The number of amides is 3. The molecule has 0 unspecified atom stereocenters. The number of nitrogens with one attached hydrogen (secondary N) is 3. The van der Waals surface area contributed by atoms with Gasteiger partial charge in [0.1, 0.15) is 5.76 Å². The molecular weight excluding hydrogens is 329 g/mol. The molecule has 0 saturated carbocycles. The third kappa shape index (κ3) is 4.03. The molecule has 10 heteroatoms. The van der Waals surface area contributed by atoms with Crippen molar-refractivity contribution < 1.29 is 27.2 Å². The number of aryl methyl sites for hydroxylation is 2. The molecule has 0 fully saturated rings. The van der Waals surface area contributed by atoms with E-state index in [2.05, 4.69) is 15.6 Å². The van der Waals surface area contributed by atoms with Crippen LogP contribution in [-0.4, -0.2) is 23.5 Å². The quantitative estimate of drug-likeness (QED) is 0.744. The van der Waals surface area contributed by atoms with Crippen LogP contribution >= 0.6 is 0 Å². The summed E-state index contributed by atoms with van der Waals surface area (Å²) in [5, 5.41) is 6.44. The third-order valence-electron chi connectivity index (χ3n) is 2.97. The van der Waals surface area contributed by atoms with Crippen molar-refractivity contribution in [1.29, 1.82) is 0 Å². The van der Waals surface area contributed by atoms with Gasteiger partial charge in [0, 0.05) is 0 Å². The number of nitrogens with zero attached hydrogens (tertiary/aromatic N) is 1. The van der Waals surface area contributed by atoms with Gasteiger partial charge in [0.15, 0.2) is 17.5 Å². The molecule has 2 rings (SSSR count). The van der Waals surface area contributed by atoms with Crippen molar-refractivity contribution in [3.05, 3.63) is 41.0 Å². The topological polar surface area (TPSA) is 96.3 Å². The van der Waals surface area contributed by atoms with Gasteiger partial charge in [0.25, 0.3) is 0 Å². The zero-order valence-corrected chi connectivity index (χ0v) is 12.7. The molecular formula is C14H13F3N4O3. The largest absolute Gasteiger partial charge is 0.428 e. The van der Waals surface area contributed by atoms with E-state index in [1.165, 1.54) is 0 Å². The highest BCUT2D eigenvalue weighted by Crippen LogP contribution is 2.19. The van der Waals surface area contributed by atoms with E-state index < -0.39 is 41.6 Å². The van der Waals surface area contributed by atoms with Crippen molar-refractivity contribution in [2.75, 3.05) is 17.2 Å². The summed E-state index contributed by atoms with van der Waals surface area (Å²) in [6.45, 7) is 2.81. The molecule has 1 heterocycles. The van der Waals surface area contributed by atoms with E-state index in [0.29, 0.717) is 17.5 Å². The Bertz CT molecular complexity index is 772. The minimum absolute atomic E-state index is 0.0467. The summed E-state index contributed by atoms with van der Waals surface area (Å²) in [6, 6.07) is 0.706. The van der Waals surface area contributed by atoms with Crippen LogP contribution in [0.3, 0.4) is 0 Å². The van der Waals surface area contributed by atoms with Crippen molar-refractivity contribution in [2.45, 2.75) is 13.8 Å². The lowest BCUT2D eigenvalue weighted by Crippen LogP contribution is -2.36. The molecule has 0 atom stereocenters. The molecule has 3 amide bonds. The summed E-state index contributed by atoms with van der Waals surface area (Å²) >= 11 is 0. The molecule has 0 saturated heterocycles. The van der Waals surface area contributed by atoms with Crippen LogP contribution in [0.1, 0.15) is 11.5 Å². The fourth-order valence-corrected chi connectivity index (χ4v) is 1.64. The van der Waals surface area contributed by atoms with Gasteiger partial charge in [-0.05, 0) is 26.0 Å². The van der Waals surface area contributed by atoms with E-state index in [1.54, 1.807) is 13.8 Å². The van der Waals surface area contributed by atoms with Crippen LogP contribution in [0.5, 0.6) is 0 Å². The van der Waals surface area contributed by atoms with Gasteiger partial charge in [-0.25, -0.2) is 18.0 Å². The molecule has 0 aliphatic carbocycles. The van der Waals surface area contributed by atoms with Crippen molar-refractivity contribution in [3.63, 3.8) is 0 Å². The minimum Gasteiger partial charge on any atom is -0.428 e. The molecule has 0 aliphatic rings. The van der Waals surface area contributed by atoms with Gasteiger partial charge < -0.3 is 15.1 Å². The third-order valence-corrected chi connectivity index (χ3v) is 2.97. The Hall–Kier alpha value is -3.04. The van der Waals surface area contributed by atoms with Gasteiger partial charge in [0.2, 0.25) is 5.91 Å². The van der Waals surface area contributed by atoms with Crippen LogP contribution in [0.4, 0.5) is 29.7 Å². The second-order valence-electron chi connectivity index (χ2n) is 4.74. The molecule has 0 aliphatic heterocycles. The molecule has 3 N–H and O–H groups in total. The van der Waals surface area contributed by atoms with Crippen molar-refractivity contribution in [3.8, 4) is 0 Å². The monoisotopic (exact) mass is 342 g/mol. The average molecular weight is 342 g/mol. The summed E-state index contributed by atoms with van der Waals surface area (Å²) in [6.07, 6.45) is 0. The molecule has 1 aromatic heterocycles. The van der Waals surface area contributed by atoms with Crippen LogP contribution in [-0.2, 0) is 4.79 Å². The summed E-state index contributed by atoms with van der Waals surface area (Å²) < 4.78 is 44.3. The Morgan fingerprint density at radius 3 is 2.46 bits per heavy atom. The Balaban J connectivity index is 1.87. The number of hydrogen-bond donors (Lipinski definition) is 3. The molecule has 2 aromatic rings. The molecule has 0 bridgehead atoms. The Morgan fingerprint density at radius 2 is 1.83 bits per heavy atom. The molecule has 0 spiro atoms. The fourth-order valence-electron chi connectivity index (χ4n) is 1.64. The summed E-state index contributed by atoms with van der Waals surface area (Å²) in [4.78, 5) is 27.1. The van der Waals surface area contributed by atoms with E-state index in [1.807, 2.05) is 5.32 Å². The summed E-state index contributed by atoms with van der Waals surface area (Å²) in [7, 11) is 0. The van der Waals surface area contributed by atoms with E-state index >= 15 is 0 Å². The smallest absolute Gasteiger partial charge is 0.323 e. The number of hydrogen-bond acceptors (Lipinski definition) is 4. The maximum atomic E-state index is 13.4.